The van der Waals surface area contributed by atoms with Crippen molar-refractivity contribution in [1.82, 2.24) is 15.0 Å². The molecule has 0 unspecified atom stereocenters. The first kappa shape index (κ1) is 17.2. The molecule has 0 atom stereocenters. The van der Waals surface area contributed by atoms with Crippen molar-refractivity contribution in [3.05, 3.63) is 53.4 Å². The van der Waals surface area contributed by atoms with Crippen LogP contribution in [0, 0.1) is 0 Å². The van der Waals surface area contributed by atoms with Crippen LogP contribution in [0.4, 0.5) is 19.0 Å². The lowest BCUT2D eigenvalue weighted by molar-refractivity contribution is -0.137. The zero-order chi connectivity index (χ0) is 17.9. The van der Waals surface area contributed by atoms with Gasteiger partial charge in [0.05, 0.1) is 17.6 Å². The molecule has 0 bridgehead atoms. The fourth-order valence-electron chi connectivity index (χ4n) is 2.15. The lowest BCUT2D eigenvalue weighted by Gasteiger charge is -2.11. The summed E-state index contributed by atoms with van der Waals surface area (Å²) in [7, 11) is 0. The summed E-state index contributed by atoms with van der Waals surface area (Å²) in [5.74, 6) is 0.588. The van der Waals surface area contributed by atoms with E-state index in [0.717, 1.165) is 17.0 Å². The number of pyridine rings is 1. The number of fused-ring (bicyclic) bond motifs is 1. The van der Waals surface area contributed by atoms with E-state index in [0.29, 0.717) is 18.6 Å². The van der Waals surface area contributed by atoms with Crippen LogP contribution in [0.15, 0.2) is 42.9 Å². The molecule has 5 nitrogen and oxygen atoms in total. The molecule has 0 aliphatic carbocycles. The van der Waals surface area contributed by atoms with Crippen molar-refractivity contribution in [2.24, 2.45) is 0 Å². The van der Waals surface area contributed by atoms with Gasteiger partial charge in [0, 0.05) is 11.6 Å². The minimum atomic E-state index is -4.50. The Morgan fingerprint density at radius 3 is 2.68 bits per heavy atom. The van der Waals surface area contributed by atoms with Gasteiger partial charge in [-0.05, 0) is 18.2 Å². The van der Waals surface area contributed by atoms with Crippen molar-refractivity contribution in [3.8, 4) is 5.88 Å². The molecule has 0 radical (unpaired) electrons. The van der Waals surface area contributed by atoms with Crippen molar-refractivity contribution >= 4 is 28.3 Å². The maximum Gasteiger partial charge on any atom is 0.417 e. The smallest absolute Gasteiger partial charge is 0.417 e. The molecular formula is C16H12ClF3N4O. The predicted octanol–water partition coefficient (Wildman–Crippen LogP) is 4.19. The molecule has 1 aromatic carbocycles. The van der Waals surface area contributed by atoms with E-state index in [4.69, 9.17) is 16.3 Å². The van der Waals surface area contributed by atoms with E-state index >= 15 is 0 Å². The van der Waals surface area contributed by atoms with Crippen molar-refractivity contribution in [3.63, 3.8) is 0 Å². The lowest BCUT2D eigenvalue weighted by atomic mass is 10.2. The van der Waals surface area contributed by atoms with Gasteiger partial charge in [0.2, 0.25) is 5.88 Å². The molecule has 25 heavy (non-hydrogen) atoms. The summed E-state index contributed by atoms with van der Waals surface area (Å²) in [6.07, 6.45) is -2.36. The van der Waals surface area contributed by atoms with E-state index in [9.17, 15) is 13.2 Å². The first-order chi connectivity index (χ1) is 11.9. The number of anilines is 1. The Labute approximate surface area is 145 Å². The van der Waals surface area contributed by atoms with Gasteiger partial charge in [0.15, 0.2) is 0 Å². The normalized spacial score (nSPS) is 11.5. The Balaban J connectivity index is 1.60. The number of nitrogens with one attached hydrogen (secondary N) is 1. The van der Waals surface area contributed by atoms with Gasteiger partial charge in [-0.2, -0.15) is 13.2 Å². The summed E-state index contributed by atoms with van der Waals surface area (Å²) in [4.78, 5) is 11.9. The molecule has 9 heteroatoms. The van der Waals surface area contributed by atoms with Crippen molar-refractivity contribution in [2.75, 3.05) is 18.5 Å². The summed E-state index contributed by atoms with van der Waals surface area (Å²) < 4.78 is 43.0. The molecule has 0 fully saturated rings. The first-order valence-electron chi connectivity index (χ1n) is 7.24. The fourth-order valence-corrected chi connectivity index (χ4v) is 2.37. The minimum absolute atomic E-state index is 0.0518. The molecule has 3 rings (SSSR count). The average Bonchev–Trinajstić information content (AvgIpc) is 2.59. The minimum Gasteiger partial charge on any atom is -0.475 e. The summed E-state index contributed by atoms with van der Waals surface area (Å²) >= 11 is 5.78. The summed E-state index contributed by atoms with van der Waals surface area (Å²) in [5, 5.41) is 3.75. The molecule has 0 aliphatic heterocycles. The lowest BCUT2D eigenvalue weighted by Crippen LogP contribution is -2.14. The van der Waals surface area contributed by atoms with Gasteiger partial charge in [-0.3, -0.25) is 0 Å². The van der Waals surface area contributed by atoms with Crippen LogP contribution in [0.1, 0.15) is 5.56 Å². The van der Waals surface area contributed by atoms with E-state index in [1.54, 1.807) is 0 Å². The Kier molecular flexibility index (Phi) is 4.89. The maximum absolute atomic E-state index is 12.6. The standard InChI is InChI=1S/C16H12ClF3N4O/c17-12-7-10(16(18,19)20)8-22-15(12)25-6-5-21-14-11-3-1-2-4-13(11)23-9-24-14/h1-4,7-9H,5-6H2,(H,21,23,24). The molecule has 0 spiro atoms. The Bertz CT molecular complexity index is 883. The van der Waals surface area contributed by atoms with Crippen molar-refractivity contribution < 1.29 is 17.9 Å². The van der Waals surface area contributed by atoms with Crippen LogP contribution in [0.2, 0.25) is 5.02 Å². The molecule has 130 valence electrons. The number of aromatic nitrogens is 3. The van der Waals surface area contributed by atoms with E-state index in [1.807, 2.05) is 24.3 Å². The summed E-state index contributed by atoms with van der Waals surface area (Å²) in [5.41, 5.74) is -0.121. The molecule has 3 aromatic rings. The van der Waals surface area contributed by atoms with Gasteiger partial charge >= 0.3 is 6.18 Å². The third-order valence-electron chi connectivity index (χ3n) is 3.31. The highest BCUT2D eigenvalue weighted by molar-refractivity contribution is 6.31. The van der Waals surface area contributed by atoms with Gasteiger partial charge in [-0.1, -0.05) is 23.7 Å². The van der Waals surface area contributed by atoms with Crippen LogP contribution in [-0.4, -0.2) is 28.1 Å². The highest BCUT2D eigenvalue weighted by Crippen LogP contribution is 2.33. The largest absolute Gasteiger partial charge is 0.475 e. The van der Waals surface area contributed by atoms with Crippen LogP contribution < -0.4 is 10.1 Å². The Morgan fingerprint density at radius 2 is 1.92 bits per heavy atom. The van der Waals surface area contributed by atoms with Crippen molar-refractivity contribution in [2.45, 2.75) is 6.18 Å². The Hall–Kier alpha value is -2.61. The monoisotopic (exact) mass is 368 g/mol. The number of hydrogen-bond donors (Lipinski definition) is 1. The predicted molar refractivity (Wildman–Crippen MR) is 87.8 cm³/mol. The number of ether oxygens (including phenoxy) is 1. The number of alkyl halides is 3. The fraction of sp³-hybridized carbons (Fsp3) is 0.188. The third kappa shape index (κ3) is 4.08. The number of hydrogen-bond acceptors (Lipinski definition) is 5. The zero-order valence-electron chi connectivity index (χ0n) is 12.7. The first-order valence-corrected chi connectivity index (χ1v) is 7.62. The second-order valence-corrected chi connectivity index (χ2v) is 5.43. The number of nitrogens with zero attached hydrogens (tertiary/aromatic N) is 3. The summed E-state index contributed by atoms with van der Waals surface area (Å²) in [6.45, 7) is 0.510. The molecule has 0 saturated heterocycles. The van der Waals surface area contributed by atoms with Crippen LogP contribution in [0.25, 0.3) is 10.9 Å². The number of para-hydroxylation sites is 1. The number of rotatable bonds is 5. The van der Waals surface area contributed by atoms with Gasteiger partial charge in [0.25, 0.3) is 0 Å². The average molecular weight is 369 g/mol. The molecule has 0 aliphatic rings. The van der Waals surface area contributed by atoms with Crippen LogP contribution in [0.5, 0.6) is 5.88 Å². The topological polar surface area (TPSA) is 59.9 Å². The molecule has 2 aromatic heterocycles. The SMILES string of the molecule is FC(F)(F)c1cnc(OCCNc2ncnc3ccccc23)c(Cl)c1. The molecule has 2 heterocycles. The second kappa shape index (κ2) is 7.10. The van der Waals surface area contributed by atoms with E-state index in [2.05, 4.69) is 20.3 Å². The highest BCUT2D eigenvalue weighted by atomic mass is 35.5. The van der Waals surface area contributed by atoms with Gasteiger partial charge in [-0.15, -0.1) is 0 Å². The zero-order valence-corrected chi connectivity index (χ0v) is 13.5. The maximum atomic E-state index is 12.6. The molecular weight excluding hydrogens is 357 g/mol. The quantitative estimate of drug-likeness (QED) is 0.684. The number of halogens is 4. The summed E-state index contributed by atoms with van der Waals surface area (Å²) in [6, 6.07) is 8.28. The van der Waals surface area contributed by atoms with Gasteiger partial charge < -0.3 is 10.1 Å². The molecule has 0 saturated carbocycles. The van der Waals surface area contributed by atoms with Crippen LogP contribution >= 0.6 is 11.6 Å². The van der Waals surface area contributed by atoms with E-state index in [1.165, 1.54) is 6.33 Å². The third-order valence-corrected chi connectivity index (χ3v) is 3.58. The van der Waals surface area contributed by atoms with Crippen molar-refractivity contribution in [1.29, 1.82) is 0 Å². The van der Waals surface area contributed by atoms with Gasteiger partial charge in [-0.25, -0.2) is 15.0 Å². The van der Waals surface area contributed by atoms with Gasteiger partial charge in [0.1, 0.15) is 23.8 Å². The number of benzene rings is 1. The van der Waals surface area contributed by atoms with E-state index in [-0.39, 0.29) is 17.5 Å². The Morgan fingerprint density at radius 1 is 1.12 bits per heavy atom. The van der Waals surface area contributed by atoms with Crippen LogP contribution in [0.3, 0.4) is 0 Å². The van der Waals surface area contributed by atoms with E-state index < -0.39 is 11.7 Å². The highest BCUT2D eigenvalue weighted by Gasteiger charge is 2.31. The van der Waals surface area contributed by atoms with Crippen LogP contribution in [-0.2, 0) is 6.18 Å². The second-order valence-electron chi connectivity index (χ2n) is 5.02. The molecule has 0 amide bonds. The molecule has 1 N–H and O–H groups in total.